The summed E-state index contributed by atoms with van der Waals surface area (Å²) in [4.78, 5) is 14.8. The Kier molecular flexibility index (Phi) is 9.36. The Bertz CT molecular complexity index is 1510. The second-order valence-electron chi connectivity index (χ2n) is 10.6. The highest BCUT2D eigenvalue weighted by molar-refractivity contribution is 7.89. The van der Waals surface area contributed by atoms with E-state index >= 15 is 0 Å². The summed E-state index contributed by atoms with van der Waals surface area (Å²) in [5.74, 6) is -0.371. The van der Waals surface area contributed by atoms with Crippen molar-refractivity contribution in [1.82, 2.24) is 14.9 Å². The minimum absolute atomic E-state index is 0.230. The molecule has 0 aromatic heterocycles. The molecule has 2 atom stereocenters. The summed E-state index contributed by atoms with van der Waals surface area (Å²) in [6.45, 7) is 4.92. The van der Waals surface area contributed by atoms with Gasteiger partial charge in [-0.2, -0.15) is 13.2 Å². The molecule has 0 spiro atoms. The molecule has 0 saturated carbocycles. The van der Waals surface area contributed by atoms with Gasteiger partial charge in [0.05, 0.1) is 22.5 Å². The molecule has 0 saturated heterocycles. The fraction of sp³-hybridized carbons (Fsp3) is 0.323. The van der Waals surface area contributed by atoms with Gasteiger partial charge in [0.2, 0.25) is 15.9 Å². The standard InChI is InChI=1S/C31H34F3N3O3S/c1-21(20-37(2)3)23-15-16-27-24(17-23)11-7-14-28(27)35-30(38)19-29(22-9-5-4-6-10-22)36-41(39,40)26-13-8-12-25(18-26)31(32,33)34/h4-6,8-10,12-13,15-18,28-29,36H,1,7,11,14,19-20H2,2-3H3,(H,35,38)/t28-,29-/m1/s1. The van der Waals surface area contributed by atoms with Crippen LogP contribution >= 0.6 is 0 Å². The summed E-state index contributed by atoms with van der Waals surface area (Å²) in [6.07, 6.45) is -2.42. The van der Waals surface area contributed by atoms with Crippen LogP contribution in [0.3, 0.4) is 0 Å². The zero-order valence-corrected chi connectivity index (χ0v) is 23.9. The summed E-state index contributed by atoms with van der Waals surface area (Å²) in [6, 6.07) is 17.0. The molecule has 6 nitrogen and oxygen atoms in total. The smallest absolute Gasteiger partial charge is 0.349 e. The van der Waals surface area contributed by atoms with Crippen molar-refractivity contribution in [1.29, 1.82) is 0 Å². The molecule has 3 aromatic carbocycles. The number of hydrogen-bond donors (Lipinski definition) is 2. The third kappa shape index (κ3) is 7.84. The van der Waals surface area contributed by atoms with Crippen LogP contribution in [0.4, 0.5) is 13.2 Å². The summed E-state index contributed by atoms with van der Waals surface area (Å²) in [5.41, 5.74) is 3.67. The number of nitrogens with zero attached hydrogens (tertiary/aromatic N) is 1. The number of sulfonamides is 1. The summed E-state index contributed by atoms with van der Waals surface area (Å²) < 4.78 is 68.4. The molecule has 3 aromatic rings. The minimum atomic E-state index is -4.69. The van der Waals surface area contributed by atoms with E-state index in [9.17, 15) is 26.4 Å². The quantitative estimate of drug-likeness (QED) is 0.311. The van der Waals surface area contributed by atoms with Crippen molar-refractivity contribution in [2.75, 3.05) is 20.6 Å². The van der Waals surface area contributed by atoms with E-state index < -0.39 is 32.7 Å². The molecule has 0 heterocycles. The normalized spacial score (nSPS) is 16.2. The minimum Gasteiger partial charge on any atom is -0.349 e. The average molecular weight is 586 g/mol. The number of halogens is 3. The number of fused-ring (bicyclic) bond motifs is 1. The van der Waals surface area contributed by atoms with Crippen LogP contribution in [0.5, 0.6) is 0 Å². The SMILES string of the molecule is C=C(CN(C)C)c1ccc2c(c1)CCC[C@H]2NC(=O)C[C@@H](NS(=O)(=O)c1cccc(C(F)(F)F)c1)c1ccccc1. The summed E-state index contributed by atoms with van der Waals surface area (Å²) in [7, 11) is -0.414. The maximum atomic E-state index is 13.3. The fourth-order valence-electron chi connectivity index (χ4n) is 5.10. The van der Waals surface area contributed by atoms with Crippen LogP contribution in [0.2, 0.25) is 0 Å². The van der Waals surface area contributed by atoms with E-state index in [0.29, 0.717) is 11.6 Å². The largest absolute Gasteiger partial charge is 0.416 e. The van der Waals surface area contributed by atoms with E-state index in [-0.39, 0.29) is 18.4 Å². The lowest BCUT2D eigenvalue weighted by molar-refractivity contribution is -0.137. The molecule has 0 fully saturated rings. The molecule has 218 valence electrons. The molecule has 2 N–H and O–H groups in total. The Morgan fingerprint density at radius 2 is 1.78 bits per heavy atom. The first-order chi connectivity index (χ1) is 19.3. The van der Waals surface area contributed by atoms with Crippen molar-refractivity contribution in [3.63, 3.8) is 0 Å². The number of carbonyl (C=O) groups excluding carboxylic acids is 1. The third-order valence-electron chi connectivity index (χ3n) is 7.07. The van der Waals surface area contributed by atoms with Gasteiger partial charge in [-0.1, -0.05) is 61.2 Å². The van der Waals surface area contributed by atoms with Crippen LogP contribution in [0.25, 0.3) is 5.57 Å². The number of hydrogen-bond acceptors (Lipinski definition) is 4. The molecule has 41 heavy (non-hydrogen) atoms. The first-order valence-corrected chi connectivity index (χ1v) is 14.8. The van der Waals surface area contributed by atoms with Gasteiger partial charge < -0.3 is 10.2 Å². The van der Waals surface area contributed by atoms with Crippen LogP contribution in [0.15, 0.2) is 84.3 Å². The molecule has 1 aliphatic rings. The Hall–Kier alpha value is -3.47. The van der Waals surface area contributed by atoms with Gasteiger partial charge in [-0.25, -0.2) is 13.1 Å². The number of benzene rings is 3. The molecule has 4 rings (SSSR count). The summed E-state index contributed by atoms with van der Waals surface area (Å²) >= 11 is 0. The number of nitrogens with one attached hydrogen (secondary N) is 2. The lowest BCUT2D eigenvalue weighted by atomic mass is 9.85. The van der Waals surface area contributed by atoms with Gasteiger partial charge >= 0.3 is 6.18 Å². The van der Waals surface area contributed by atoms with Gasteiger partial charge in [0, 0.05) is 13.0 Å². The Morgan fingerprint density at radius 1 is 1.05 bits per heavy atom. The molecule has 1 amide bonds. The van der Waals surface area contributed by atoms with Gasteiger partial charge in [-0.15, -0.1) is 0 Å². The lowest BCUT2D eigenvalue weighted by Crippen LogP contribution is -2.36. The van der Waals surface area contributed by atoms with Gasteiger partial charge in [0.25, 0.3) is 0 Å². The molecule has 10 heteroatoms. The topological polar surface area (TPSA) is 78.5 Å². The Balaban J connectivity index is 1.53. The van der Waals surface area contributed by atoms with Crippen molar-refractivity contribution < 1.29 is 26.4 Å². The highest BCUT2D eigenvalue weighted by Crippen LogP contribution is 2.33. The van der Waals surface area contributed by atoms with Crippen LogP contribution in [-0.2, 0) is 27.4 Å². The molecule has 0 unspecified atom stereocenters. The van der Waals surface area contributed by atoms with Crippen LogP contribution in [0.1, 0.15) is 59.2 Å². The molecule has 0 bridgehead atoms. The van der Waals surface area contributed by atoms with E-state index in [2.05, 4.69) is 27.6 Å². The van der Waals surface area contributed by atoms with Crippen molar-refractivity contribution in [3.05, 3.63) is 107 Å². The fourth-order valence-corrected chi connectivity index (χ4v) is 6.37. The second kappa shape index (κ2) is 12.6. The Morgan fingerprint density at radius 3 is 2.46 bits per heavy atom. The summed E-state index contributed by atoms with van der Waals surface area (Å²) in [5, 5.41) is 3.06. The molecular weight excluding hydrogens is 551 g/mol. The monoisotopic (exact) mass is 585 g/mol. The number of carbonyl (C=O) groups is 1. The zero-order valence-electron chi connectivity index (χ0n) is 23.0. The maximum absolute atomic E-state index is 13.3. The zero-order chi connectivity index (χ0) is 29.8. The van der Waals surface area contributed by atoms with E-state index in [1.807, 2.05) is 26.2 Å². The molecule has 0 radical (unpaired) electrons. The van der Waals surface area contributed by atoms with Crippen LogP contribution < -0.4 is 10.0 Å². The number of aryl methyl sites for hydroxylation is 1. The molecule has 0 aliphatic heterocycles. The van der Waals surface area contributed by atoms with Gasteiger partial charge in [0.15, 0.2) is 0 Å². The lowest BCUT2D eigenvalue weighted by Gasteiger charge is -2.28. The van der Waals surface area contributed by atoms with Crippen molar-refractivity contribution in [2.24, 2.45) is 0 Å². The predicted molar refractivity (Wildman–Crippen MR) is 153 cm³/mol. The first kappa shape index (κ1) is 30.5. The van der Waals surface area contributed by atoms with E-state index in [1.165, 1.54) is 0 Å². The van der Waals surface area contributed by atoms with Crippen LogP contribution in [0, 0.1) is 0 Å². The van der Waals surface area contributed by atoms with Gasteiger partial charge in [-0.3, -0.25) is 4.79 Å². The molecule has 1 aliphatic carbocycles. The van der Waals surface area contributed by atoms with Crippen LogP contribution in [-0.4, -0.2) is 39.9 Å². The van der Waals surface area contributed by atoms with E-state index in [0.717, 1.165) is 66.3 Å². The van der Waals surface area contributed by atoms with Gasteiger partial charge in [-0.05, 0) is 79.4 Å². The predicted octanol–water partition coefficient (Wildman–Crippen LogP) is 5.88. The van der Waals surface area contributed by atoms with E-state index in [4.69, 9.17) is 0 Å². The highest BCUT2D eigenvalue weighted by atomic mass is 32.2. The average Bonchev–Trinajstić information content (AvgIpc) is 2.92. The number of rotatable bonds is 10. The van der Waals surface area contributed by atoms with Crippen molar-refractivity contribution >= 4 is 21.5 Å². The Labute approximate surface area is 239 Å². The number of alkyl halides is 3. The van der Waals surface area contributed by atoms with E-state index in [1.54, 1.807) is 30.3 Å². The third-order valence-corrected chi connectivity index (χ3v) is 8.54. The highest BCUT2D eigenvalue weighted by Gasteiger charge is 2.33. The maximum Gasteiger partial charge on any atom is 0.416 e. The van der Waals surface area contributed by atoms with Gasteiger partial charge in [0.1, 0.15) is 0 Å². The first-order valence-electron chi connectivity index (χ1n) is 13.3. The second-order valence-corrected chi connectivity index (χ2v) is 12.3. The number of amides is 1. The van der Waals surface area contributed by atoms with Crippen molar-refractivity contribution in [3.8, 4) is 0 Å². The number of likely N-dealkylation sites (N-methyl/N-ethyl adjacent to an activating group) is 1. The molecular formula is C31H34F3N3O3S. The van der Waals surface area contributed by atoms with Crippen molar-refractivity contribution in [2.45, 2.75) is 48.8 Å².